The molecular formula is C20H21ClF2N2O2. The summed E-state index contributed by atoms with van der Waals surface area (Å²) in [7, 11) is 0. The molecule has 0 saturated heterocycles. The number of hydrogen-bond acceptors (Lipinski definition) is 3. The van der Waals surface area contributed by atoms with Crippen LogP contribution in [0.2, 0.25) is 0 Å². The number of hydrogen-bond donors (Lipinski definition) is 2. The maximum Gasteiger partial charge on any atom is 0.220 e. The van der Waals surface area contributed by atoms with Gasteiger partial charge in [0.1, 0.15) is 11.6 Å². The number of aryl methyl sites for hydroxylation is 1. The fraction of sp³-hybridized carbons (Fsp3) is 0.300. The van der Waals surface area contributed by atoms with Crippen LogP contribution in [-0.4, -0.2) is 11.7 Å². The van der Waals surface area contributed by atoms with E-state index in [1.165, 1.54) is 0 Å². The van der Waals surface area contributed by atoms with Crippen molar-refractivity contribution in [3.8, 4) is 0 Å². The van der Waals surface area contributed by atoms with E-state index < -0.39 is 17.4 Å². The topological polar surface area (TPSA) is 72.2 Å². The molecule has 1 unspecified atom stereocenters. The van der Waals surface area contributed by atoms with Crippen molar-refractivity contribution < 1.29 is 18.4 Å². The number of fused-ring (bicyclic) bond motifs is 1. The molecule has 2 aromatic rings. The van der Waals surface area contributed by atoms with Crippen LogP contribution in [0.3, 0.4) is 0 Å². The van der Waals surface area contributed by atoms with Gasteiger partial charge in [-0.15, -0.1) is 12.4 Å². The maximum atomic E-state index is 13.6. The van der Waals surface area contributed by atoms with E-state index in [0.29, 0.717) is 11.8 Å². The molecule has 7 heteroatoms. The highest BCUT2D eigenvalue weighted by Crippen LogP contribution is 2.31. The number of halogens is 3. The molecule has 3 N–H and O–H groups in total. The highest BCUT2D eigenvalue weighted by Gasteiger charge is 2.22. The molecule has 0 aliphatic heterocycles. The maximum absolute atomic E-state index is 13.6. The third-order valence-electron chi connectivity index (χ3n) is 4.63. The molecule has 1 aliphatic carbocycles. The number of nitrogens with two attached hydrogens (primary N) is 1. The lowest BCUT2D eigenvalue weighted by molar-refractivity contribution is -0.121. The summed E-state index contributed by atoms with van der Waals surface area (Å²) < 4.78 is 26.5. The first-order chi connectivity index (χ1) is 12.4. The largest absolute Gasteiger partial charge is 0.399 e. The second-order valence-corrected chi connectivity index (χ2v) is 6.52. The average molecular weight is 395 g/mol. The van der Waals surface area contributed by atoms with Gasteiger partial charge in [-0.3, -0.25) is 9.59 Å². The minimum absolute atomic E-state index is 0. The predicted molar refractivity (Wildman–Crippen MR) is 102 cm³/mol. The van der Waals surface area contributed by atoms with Gasteiger partial charge < -0.3 is 11.1 Å². The molecule has 0 spiro atoms. The van der Waals surface area contributed by atoms with Gasteiger partial charge in [0.15, 0.2) is 5.78 Å². The fourth-order valence-electron chi connectivity index (χ4n) is 3.33. The van der Waals surface area contributed by atoms with Gasteiger partial charge in [0, 0.05) is 24.6 Å². The summed E-state index contributed by atoms with van der Waals surface area (Å²) >= 11 is 0. The standard InChI is InChI=1S/C20H20F2N2O2.ClH/c21-13-4-6-16(17(22)11-13)19(25)8-9-20(26)24-18-3-1-2-12-10-14(23)5-7-15(12)18;/h4-7,10-11,18H,1-3,8-9,23H2,(H,24,26);1H. The Morgan fingerprint density at radius 1 is 1.11 bits per heavy atom. The third-order valence-corrected chi connectivity index (χ3v) is 4.63. The zero-order valence-electron chi connectivity index (χ0n) is 14.6. The van der Waals surface area contributed by atoms with Crippen LogP contribution in [0, 0.1) is 11.6 Å². The van der Waals surface area contributed by atoms with Crippen LogP contribution in [-0.2, 0) is 11.2 Å². The van der Waals surface area contributed by atoms with Crippen molar-refractivity contribution in [1.82, 2.24) is 5.32 Å². The van der Waals surface area contributed by atoms with E-state index in [9.17, 15) is 18.4 Å². The van der Waals surface area contributed by atoms with Crippen LogP contribution in [0.5, 0.6) is 0 Å². The molecule has 0 heterocycles. The minimum atomic E-state index is -0.908. The van der Waals surface area contributed by atoms with Gasteiger partial charge in [0.05, 0.1) is 11.6 Å². The Bertz CT molecular complexity index is 858. The smallest absolute Gasteiger partial charge is 0.220 e. The number of benzene rings is 2. The van der Waals surface area contributed by atoms with Gasteiger partial charge >= 0.3 is 0 Å². The summed E-state index contributed by atoms with van der Waals surface area (Å²) in [6.07, 6.45) is 2.52. The number of anilines is 1. The Hall–Kier alpha value is -2.47. The van der Waals surface area contributed by atoms with Crippen LogP contribution < -0.4 is 11.1 Å². The van der Waals surface area contributed by atoms with Crippen LogP contribution in [0.15, 0.2) is 36.4 Å². The number of rotatable bonds is 5. The van der Waals surface area contributed by atoms with Crippen molar-refractivity contribution in [2.45, 2.75) is 38.1 Å². The Balaban J connectivity index is 0.00000261. The summed E-state index contributed by atoms with van der Waals surface area (Å²) in [6.45, 7) is 0. The Morgan fingerprint density at radius 3 is 2.63 bits per heavy atom. The van der Waals surface area contributed by atoms with E-state index in [4.69, 9.17) is 5.73 Å². The Labute approximate surface area is 162 Å². The zero-order valence-corrected chi connectivity index (χ0v) is 15.5. The van der Waals surface area contributed by atoms with E-state index >= 15 is 0 Å². The van der Waals surface area contributed by atoms with E-state index in [2.05, 4.69) is 5.32 Å². The first kappa shape index (κ1) is 20.8. The number of ketones is 1. The van der Waals surface area contributed by atoms with E-state index in [1.807, 2.05) is 18.2 Å². The van der Waals surface area contributed by atoms with Gasteiger partial charge in [0.25, 0.3) is 0 Å². The SMILES string of the molecule is Cl.Nc1ccc2c(c1)CCCC2NC(=O)CCC(=O)c1ccc(F)cc1F. The van der Waals surface area contributed by atoms with Crippen molar-refractivity contribution >= 4 is 29.8 Å². The first-order valence-corrected chi connectivity index (χ1v) is 8.60. The number of nitrogens with one attached hydrogen (secondary N) is 1. The zero-order chi connectivity index (χ0) is 18.7. The second kappa shape index (κ2) is 8.95. The monoisotopic (exact) mass is 394 g/mol. The molecular weight excluding hydrogens is 374 g/mol. The average Bonchev–Trinajstić information content (AvgIpc) is 2.59. The van der Waals surface area contributed by atoms with Gasteiger partial charge in [0.2, 0.25) is 5.91 Å². The molecule has 0 bridgehead atoms. The van der Waals surface area contributed by atoms with Gasteiger partial charge in [-0.25, -0.2) is 8.78 Å². The Morgan fingerprint density at radius 2 is 1.89 bits per heavy atom. The molecule has 3 rings (SSSR count). The molecule has 0 radical (unpaired) electrons. The molecule has 2 aromatic carbocycles. The lowest BCUT2D eigenvalue weighted by Gasteiger charge is -2.26. The first-order valence-electron chi connectivity index (χ1n) is 8.60. The van der Waals surface area contributed by atoms with Crippen molar-refractivity contribution in [1.29, 1.82) is 0 Å². The number of carbonyl (C=O) groups is 2. The molecule has 144 valence electrons. The normalized spacial score (nSPS) is 15.4. The fourth-order valence-corrected chi connectivity index (χ4v) is 3.33. The summed E-state index contributed by atoms with van der Waals surface area (Å²) in [5.74, 6) is -2.44. The molecule has 0 aromatic heterocycles. The van der Waals surface area contributed by atoms with Crippen LogP contribution in [0.4, 0.5) is 14.5 Å². The Kier molecular flexibility index (Phi) is 6.91. The van der Waals surface area contributed by atoms with Crippen molar-refractivity contribution in [3.63, 3.8) is 0 Å². The van der Waals surface area contributed by atoms with Crippen molar-refractivity contribution in [3.05, 3.63) is 64.7 Å². The quantitative estimate of drug-likeness (QED) is 0.591. The van der Waals surface area contributed by atoms with Gasteiger partial charge in [-0.2, -0.15) is 0 Å². The van der Waals surface area contributed by atoms with Crippen molar-refractivity contribution in [2.75, 3.05) is 5.73 Å². The number of amides is 1. The van der Waals surface area contributed by atoms with Crippen LogP contribution in [0.25, 0.3) is 0 Å². The number of Topliss-reactive ketones (excluding diaryl/α,β-unsaturated/α-hetero) is 1. The lowest BCUT2D eigenvalue weighted by atomic mass is 9.87. The number of nitrogen functional groups attached to an aromatic ring is 1. The molecule has 1 atom stereocenters. The predicted octanol–water partition coefficient (Wildman–Crippen LogP) is 4.13. The molecule has 1 aliphatic rings. The van der Waals surface area contributed by atoms with Crippen molar-refractivity contribution in [2.24, 2.45) is 0 Å². The minimum Gasteiger partial charge on any atom is -0.399 e. The summed E-state index contributed by atoms with van der Waals surface area (Å²) in [5, 5.41) is 2.94. The van der Waals surface area contributed by atoms with Crippen LogP contribution in [0.1, 0.15) is 53.2 Å². The molecule has 27 heavy (non-hydrogen) atoms. The van der Waals surface area contributed by atoms with Crippen LogP contribution >= 0.6 is 12.4 Å². The molecule has 0 saturated carbocycles. The van der Waals surface area contributed by atoms with E-state index in [0.717, 1.165) is 42.5 Å². The third kappa shape index (κ3) is 5.04. The van der Waals surface area contributed by atoms with Gasteiger partial charge in [-0.1, -0.05) is 6.07 Å². The summed E-state index contributed by atoms with van der Waals surface area (Å²) in [4.78, 5) is 24.3. The molecule has 0 fully saturated rings. The summed E-state index contributed by atoms with van der Waals surface area (Å²) in [6, 6.07) is 8.35. The van der Waals surface area contributed by atoms with E-state index in [-0.39, 0.29) is 42.8 Å². The highest BCUT2D eigenvalue weighted by atomic mass is 35.5. The highest BCUT2D eigenvalue weighted by molar-refractivity contribution is 5.98. The number of carbonyl (C=O) groups excluding carboxylic acids is 2. The molecule has 1 amide bonds. The van der Waals surface area contributed by atoms with E-state index in [1.54, 1.807) is 0 Å². The van der Waals surface area contributed by atoms with Gasteiger partial charge in [-0.05, 0) is 54.7 Å². The molecule has 4 nitrogen and oxygen atoms in total. The second-order valence-electron chi connectivity index (χ2n) is 6.52. The lowest BCUT2D eigenvalue weighted by Crippen LogP contribution is -2.31. The summed E-state index contributed by atoms with van der Waals surface area (Å²) in [5.41, 5.74) is 8.49.